The van der Waals surface area contributed by atoms with E-state index in [0.29, 0.717) is 19.6 Å². The van der Waals surface area contributed by atoms with Crippen molar-refractivity contribution in [2.24, 2.45) is 0 Å². The maximum absolute atomic E-state index is 11.7. The topological polar surface area (TPSA) is 49.8 Å². The maximum atomic E-state index is 11.7. The number of hydrogen-bond donors (Lipinski definition) is 1. The van der Waals surface area contributed by atoms with Gasteiger partial charge < -0.3 is 14.7 Å². The van der Waals surface area contributed by atoms with Crippen LogP contribution in [0, 0.1) is 0 Å². The molecule has 3 aromatic carbocycles. The van der Waals surface area contributed by atoms with Crippen LogP contribution in [0.4, 0.5) is 0 Å². The lowest BCUT2D eigenvalue weighted by Gasteiger charge is -2.18. The number of phenols is 1. The van der Waals surface area contributed by atoms with Crippen molar-refractivity contribution in [1.82, 2.24) is 4.90 Å². The Hall–Kier alpha value is -3.53. The summed E-state index contributed by atoms with van der Waals surface area (Å²) in [6.45, 7) is 9.03. The lowest BCUT2D eigenvalue weighted by Crippen LogP contribution is -2.30. The third-order valence-corrected chi connectivity index (χ3v) is 5.50. The van der Waals surface area contributed by atoms with Crippen molar-refractivity contribution in [1.29, 1.82) is 0 Å². The first kappa shape index (κ1) is 26.7. The molecular weight excluding hydrogens is 422 g/mol. The first-order chi connectivity index (χ1) is 16.5. The molecule has 34 heavy (non-hydrogen) atoms. The normalized spacial score (nSPS) is 11.1. The third kappa shape index (κ3) is 7.24. The molecule has 0 fully saturated rings. The Labute approximate surface area is 204 Å². The third-order valence-electron chi connectivity index (χ3n) is 5.50. The Kier molecular flexibility index (Phi) is 10.9. The second-order valence-corrected chi connectivity index (χ2v) is 7.66. The Balaban J connectivity index is 0.00000199. The molecule has 1 N–H and O–H groups in total. The summed E-state index contributed by atoms with van der Waals surface area (Å²) in [6, 6.07) is 25.8. The first-order valence-electron chi connectivity index (χ1n) is 12.1. The molecule has 0 aliphatic heterocycles. The number of likely N-dealkylation sites (N-methyl/N-ethyl adjacent to an activating group) is 1. The number of carbonyl (C=O) groups is 1. The minimum Gasteiger partial charge on any atom is -0.508 e. The highest BCUT2D eigenvalue weighted by atomic mass is 16.5. The van der Waals surface area contributed by atoms with Gasteiger partial charge in [0.25, 0.3) is 0 Å². The predicted octanol–water partition coefficient (Wildman–Crippen LogP) is 7.03. The Bertz CT molecular complexity index is 1040. The molecular formula is C30H37NO3. The number of aromatic hydroxyl groups is 1. The zero-order valence-corrected chi connectivity index (χ0v) is 21.0. The Morgan fingerprint density at radius 3 is 1.88 bits per heavy atom. The molecule has 0 aromatic heterocycles. The van der Waals surface area contributed by atoms with E-state index >= 15 is 0 Å². The van der Waals surface area contributed by atoms with Crippen LogP contribution >= 0.6 is 0 Å². The van der Waals surface area contributed by atoms with Gasteiger partial charge in [0.15, 0.2) is 0 Å². The molecule has 0 radical (unpaired) electrons. The molecule has 3 rings (SSSR count). The van der Waals surface area contributed by atoms with Crippen molar-refractivity contribution in [2.45, 2.75) is 40.5 Å². The molecule has 0 heterocycles. The fourth-order valence-electron chi connectivity index (χ4n) is 3.72. The lowest BCUT2D eigenvalue weighted by atomic mass is 9.88. The number of phenolic OH excluding ortho intramolecular Hbond substituents is 1. The van der Waals surface area contributed by atoms with E-state index in [-0.39, 0.29) is 11.7 Å². The number of nitrogens with zero attached hydrogens (tertiary/aromatic N) is 1. The monoisotopic (exact) mass is 459 g/mol. The highest BCUT2D eigenvalue weighted by Crippen LogP contribution is 2.35. The van der Waals surface area contributed by atoms with Gasteiger partial charge in [-0.3, -0.25) is 4.79 Å². The molecule has 3 aromatic rings. The van der Waals surface area contributed by atoms with Crippen LogP contribution in [-0.4, -0.2) is 36.1 Å². The molecule has 0 saturated carbocycles. The number of amides is 1. The number of rotatable bonds is 9. The van der Waals surface area contributed by atoms with E-state index in [2.05, 4.69) is 43.3 Å². The number of carbonyl (C=O) groups excluding carboxylic acids is 1. The molecule has 0 unspecified atom stereocenters. The summed E-state index contributed by atoms with van der Waals surface area (Å²) in [5.41, 5.74) is 5.70. The van der Waals surface area contributed by atoms with Gasteiger partial charge in [-0.15, -0.1) is 0 Å². The van der Waals surface area contributed by atoms with Crippen molar-refractivity contribution in [2.75, 3.05) is 20.2 Å². The van der Waals surface area contributed by atoms with Crippen molar-refractivity contribution in [3.63, 3.8) is 0 Å². The van der Waals surface area contributed by atoms with Gasteiger partial charge in [-0.25, -0.2) is 0 Å². The van der Waals surface area contributed by atoms with E-state index in [1.807, 2.05) is 51.1 Å². The number of ether oxygens (including phenoxy) is 1. The lowest BCUT2D eigenvalue weighted by molar-refractivity contribution is -0.129. The van der Waals surface area contributed by atoms with Gasteiger partial charge in [-0.05, 0) is 58.5 Å². The fourth-order valence-corrected chi connectivity index (χ4v) is 3.72. The molecule has 180 valence electrons. The second kappa shape index (κ2) is 13.9. The van der Waals surface area contributed by atoms with E-state index in [1.54, 1.807) is 24.1 Å². The van der Waals surface area contributed by atoms with Crippen molar-refractivity contribution in [3.8, 4) is 11.5 Å². The summed E-state index contributed by atoms with van der Waals surface area (Å²) in [5.74, 6) is 1.13. The molecule has 0 atom stereocenters. The van der Waals surface area contributed by atoms with E-state index in [1.165, 1.54) is 11.1 Å². The summed E-state index contributed by atoms with van der Waals surface area (Å²) in [4.78, 5) is 13.4. The Morgan fingerprint density at radius 2 is 1.35 bits per heavy atom. The zero-order chi connectivity index (χ0) is 24.9. The van der Waals surface area contributed by atoms with E-state index in [4.69, 9.17) is 4.74 Å². The number of hydrogen-bond acceptors (Lipinski definition) is 3. The highest BCUT2D eigenvalue weighted by Gasteiger charge is 2.13. The first-order valence-corrected chi connectivity index (χ1v) is 12.1. The molecule has 4 heteroatoms. The average molecular weight is 460 g/mol. The quantitative estimate of drug-likeness (QED) is 0.349. The van der Waals surface area contributed by atoms with Crippen LogP contribution in [-0.2, 0) is 4.79 Å². The standard InChI is InChI=1S/C28H31NO3.C2H6/c1-4-26(21-9-7-6-8-10-21)28(22-11-15-24(30)16-12-22)23-13-17-25(18-14-23)32-20-19-29(3)27(31)5-2;1-2/h6-18,30H,4-5,19-20H2,1-3H3;1-2H3/b28-26-;. The average Bonchev–Trinajstić information content (AvgIpc) is 2.89. The molecule has 0 aliphatic carbocycles. The van der Waals surface area contributed by atoms with Gasteiger partial charge in [-0.1, -0.05) is 82.3 Å². The highest BCUT2D eigenvalue weighted by molar-refractivity contribution is 5.98. The zero-order valence-electron chi connectivity index (χ0n) is 21.0. The number of benzene rings is 3. The van der Waals surface area contributed by atoms with Gasteiger partial charge in [0.2, 0.25) is 5.91 Å². The fraction of sp³-hybridized carbons (Fsp3) is 0.300. The minimum absolute atomic E-state index is 0.112. The van der Waals surface area contributed by atoms with Gasteiger partial charge in [0, 0.05) is 13.5 Å². The van der Waals surface area contributed by atoms with Crippen LogP contribution in [0.15, 0.2) is 78.9 Å². The van der Waals surface area contributed by atoms with E-state index in [9.17, 15) is 9.90 Å². The van der Waals surface area contributed by atoms with Crippen LogP contribution in [0.25, 0.3) is 11.1 Å². The van der Waals surface area contributed by atoms with Crippen molar-refractivity contribution >= 4 is 17.1 Å². The van der Waals surface area contributed by atoms with E-state index < -0.39 is 0 Å². The van der Waals surface area contributed by atoms with Crippen LogP contribution in [0.5, 0.6) is 11.5 Å². The van der Waals surface area contributed by atoms with Gasteiger partial charge in [-0.2, -0.15) is 0 Å². The summed E-state index contributed by atoms with van der Waals surface area (Å²) in [5, 5.41) is 9.77. The van der Waals surface area contributed by atoms with Crippen molar-refractivity contribution < 1.29 is 14.6 Å². The van der Waals surface area contributed by atoms with Crippen molar-refractivity contribution in [3.05, 3.63) is 95.6 Å². The summed E-state index contributed by atoms with van der Waals surface area (Å²) in [6.07, 6.45) is 1.37. The number of allylic oxidation sites excluding steroid dienone is 1. The minimum atomic E-state index is 0.112. The van der Waals surface area contributed by atoms with Gasteiger partial charge >= 0.3 is 0 Å². The molecule has 0 saturated heterocycles. The summed E-state index contributed by atoms with van der Waals surface area (Å²) < 4.78 is 5.86. The molecule has 0 bridgehead atoms. The van der Waals surface area contributed by atoms with Crippen LogP contribution in [0.1, 0.15) is 57.2 Å². The molecule has 0 aliphatic rings. The van der Waals surface area contributed by atoms with E-state index in [0.717, 1.165) is 28.9 Å². The Morgan fingerprint density at radius 1 is 0.794 bits per heavy atom. The van der Waals surface area contributed by atoms with Gasteiger partial charge in [0.1, 0.15) is 18.1 Å². The SMILES string of the molecule is CC.CCC(=O)N(C)CCOc1ccc(/C(=C(/CC)c2ccccc2)c2ccc(O)cc2)cc1. The van der Waals surface area contributed by atoms with Crippen LogP contribution < -0.4 is 4.74 Å². The van der Waals surface area contributed by atoms with Crippen LogP contribution in [0.3, 0.4) is 0 Å². The second-order valence-electron chi connectivity index (χ2n) is 7.66. The summed E-state index contributed by atoms with van der Waals surface area (Å²) in [7, 11) is 1.79. The smallest absolute Gasteiger partial charge is 0.222 e. The van der Waals surface area contributed by atoms with Gasteiger partial charge in [0.05, 0.1) is 6.54 Å². The molecule has 0 spiro atoms. The maximum Gasteiger partial charge on any atom is 0.222 e. The largest absolute Gasteiger partial charge is 0.508 e. The molecule has 4 nitrogen and oxygen atoms in total. The molecule has 1 amide bonds. The van der Waals surface area contributed by atoms with Crippen LogP contribution in [0.2, 0.25) is 0 Å². The predicted molar refractivity (Wildman–Crippen MR) is 142 cm³/mol. The summed E-state index contributed by atoms with van der Waals surface area (Å²) >= 11 is 0.